The highest BCUT2D eigenvalue weighted by molar-refractivity contribution is 5.56. The summed E-state index contributed by atoms with van der Waals surface area (Å²) in [6, 6.07) is 3.17. The quantitative estimate of drug-likeness (QED) is 0.671. The Kier molecular flexibility index (Phi) is 4.39. The molecule has 1 fully saturated rings. The Hall–Kier alpha value is -1.89. The van der Waals surface area contributed by atoms with E-state index in [-0.39, 0.29) is 17.8 Å². The van der Waals surface area contributed by atoms with E-state index in [4.69, 9.17) is 4.74 Å². The summed E-state index contributed by atoms with van der Waals surface area (Å²) in [6.07, 6.45) is 1.00. The van der Waals surface area contributed by atoms with Gasteiger partial charge in [-0.05, 0) is 13.3 Å². The average molecular weight is 280 g/mol. The standard InChI is InChI=1S/C13H20N4O3/c1-4-10-8-20-9(2)7-16(10)13-6-11(17(18)19)5-12(14-3)15-13/h5-6,9-10H,4,7-8H2,1-3H3,(H,14,15). The van der Waals surface area contributed by atoms with Crippen LogP contribution in [0.15, 0.2) is 12.1 Å². The fourth-order valence-electron chi connectivity index (χ4n) is 2.35. The lowest BCUT2D eigenvalue weighted by molar-refractivity contribution is -0.384. The number of pyridine rings is 1. The fourth-order valence-corrected chi connectivity index (χ4v) is 2.35. The van der Waals surface area contributed by atoms with Crippen molar-refractivity contribution in [3.8, 4) is 0 Å². The van der Waals surface area contributed by atoms with Crippen molar-refractivity contribution in [2.24, 2.45) is 0 Å². The van der Waals surface area contributed by atoms with Gasteiger partial charge < -0.3 is 15.0 Å². The van der Waals surface area contributed by atoms with Crippen molar-refractivity contribution in [3.05, 3.63) is 22.2 Å². The van der Waals surface area contributed by atoms with Crippen LogP contribution in [0.3, 0.4) is 0 Å². The molecule has 7 heteroatoms. The van der Waals surface area contributed by atoms with Crippen molar-refractivity contribution in [2.45, 2.75) is 32.4 Å². The number of hydrogen-bond donors (Lipinski definition) is 1. The molecule has 20 heavy (non-hydrogen) atoms. The summed E-state index contributed by atoms with van der Waals surface area (Å²) < 4.78 is 5.65. The summed E-state index contributed by atoms with van der Waals surface area (Å²) in [5, 5.41) is 13.9. The van der Waals surface area contributed by atoms with Crippen LogP contribution in [-0.4, -0.2) is 42.3 Å². The number of hydrogen-bond acceptors (Lipinski definition) is 6. The maximum atomic E-state index is 11.0. The van der Waals surface area contributed by atoms with Crippen LogP contribution in [0.5, 0.6) is 0 Å². The topological polar surface area (TPSA) is 80.5 Å². The summed E-state index contributed by atoms with van der Waals surface area (Å²) in [5.41, 5.74) is 0.0494. The Bertz CT molecular complexity index is 495. The van der Waals surface area contributed by atoms with Gasteiger partial charge in [-0.3, -0.25) is 10.1 Å². The first-order valence-corrected chi connectivity index (χ1v) is 6.77. The van der Waals surface area contributed by atoms with Gasteiger partial charge in [-0.15, -0.1) is 0 Å². The van der Waals surface area contributed by atoms with Crippen molar-refractivity contribution in [2.75, 3.05) is 30.4 Å². The molecule has 0 spiro atoms. The Morgan fingerprint density at radius 2 is 2.35 bits per heavy atom. The molecule has 2 atom stereocenters. The number of nitro groups is 1. The third kappa shape index (κ3) is 2.98. The highest BCUT2D eigenvalue weighted by Crippen LogP contribution is 2.27. The van der Waals surface area contributed by atoms with Gasteiger partial charge in [0.1, 0.15) is 11.6 Å². The van der Waals surface area contributed by atoms with Crippen LogP contribution in [0.1, 0.15) is 20.3 Å². The highest BCUT2D eigenvalue weighted by atomic mass is 16.6. The van der Waals surface area contributed by atoms with Crippen LogP contribution in [0.25, 0.3) is 0 Å². The molecule has 2 rings (SSSR count). The van der Waals surface area contributed by atoms with E-state index in [1.165, 1.54) is 12.1 Å². The van der Waals surface area contributed by atoms with Gasteiger partial charge in [0.2, 0.25) is 0 Å². The summed E-state index contributed by atoms with van der Waals surface area (Å²) in [7, 11) is 1.70. The zero-order valence-corrected chi connectivity index (χ0v) is 12.0. The van der Waals surface area contributed by atoms with Gasteiger partial charge in [-0.25, -0.2) is 4.98 Å². The van der Waals surface area contributed by atoms with Crippen molar-refractivity contribution in [1.82, 2.24) is 4.98 Å². The Morgan fingerprint density at radius 3 is 2.95 bits per heavy atom. The first-order valence-electron chi connectivity index (χ1n) is 6.77. The van der Waals surface area contributed by atoms with E-state index < -0.39 is 4.92 Å². The number of ether oxygens (including phenoxy) is 1. The molecule has 2 unspecified atom stereocenters. The summed E-state index contributed by atoms with van der Waals surface area (Å²) >= 11 is 0. The molecule has 0 aliphatic carbocycles. The van der Waals surface area contributed by atoms with E-state index >= 15 is 0 Å². The molecule has 2 heterocycles. The molecule has 0 radical (unpaired) electrons. The lowest BCUT2D eigenvalue weighted by Crippen LogP contribution is -2.49. The summed E-state index contributed by atoms with van der Waals surface area (Å²) in [5.74, 6) is 1.13. The van der Waals surface area contributed by atoms with Crippen molar-refractivity contribution >= 4 is 17.3 Å². The molecule has 0 amide bonds. The predicted molar refractivity (Wildman–Crippen MR) is 77.3 cm³/mol. The smallest absolute Gasteiger partial charge is 0.276 e. The molecule has 1 N–H and O–H groups in total. The van der Waals surface area contributed by atoms with Crippen LogP contribution in [0, 0.1) is 10.1 Å². The molecule has 1 aromatic rings. The predicted octanol–water partition coefficient (Wildman–Crippen LogP) is 2.04. The molecule has 1 aromatic heterocycles. The number of rotatable bonds is 4. The first-order chi connectivity index (χ1) is 9.55. The summed E-state index contributed by atoms with van der Waals surface area (Å²) in [6.45, 7) is 5.38. The van der Waals surface area contributed by atoms with Crippen LogP contribution in [0.2, 0.25) is 0 Å². The zero-order valence-electron chi connectivity index (χ0n) is 12.0. The number of nitrogens with one attached hydrogen (secondary N) is 1. The molecule has 110 valence electrons. The van der Waals surface area contributed by atoms with Gasteiger partial charge >= 0.3 is 0 Å². The number of nitrogens with zero attached hydrogens (tertiary/aromatic N) is 3. The fraction of sp³-hybridized carbons (Fsp3) is 0.615. The van der Waals surface area contributed by atoms with Gasteiger partial charge in [0, 0.05) is 13.6 Å². The second kappa shape index (κ2) is 6.04. The Labute approximate surface area is 118 Å². The van der Waals surface area contributed by atoms with E-state index in [0.29, 0.717) is 24.8 Å². The molecule has 1 aliphatic heterocycles. The molecular weight excluding hydrogens is 260 g/mol. The van der Waals surface area contributed by atoms with Gasteiger partial charge in [0.15, 0.2) is 0 Å². The average Bonchev–Trinajstić information content (AvgIpc) is 2.46. The van der Waals surface area contributed by atoms with E-state index in [1.807, 2.05) is 6.92 Å². The van der Waals surface area contributed by atoms with Crippen LogP contribution >= 0.6 is 0 Å². The van der Waals surface area contributed by atoms with Crippen molar-refractivity contribution < 1.29 is 9.66 Å². The minimum absolute atomic E-state index is 0.0494. The number of anilines is 2. The monoisotopic (exact) mass is 280 g/mol. The number of morpholine rings is 1. The third-order valence-corrected chi connectivity index (χ3v) is 3.50. The maximum absolute atomic E-state index is 11.0. The van der Waals surface area contributed by atoms with E-state index in [1.54, 1.807) is 7.05 Å². The molecule has 0 saturated carbocycles. The second-order valence-electron chi connectivity index (χ2n) is 4.93. The molecule has 0 aromatic carbocycles. The lowest BCUT2D eigenvalue weighted by Gasteiger charge is -2.39. The van der Waals surface area contributed by atoms with E-state index in [2.05, 4.69) is 22.1 Å². The Balaban J connectivity index is 2.38. The SMILES string of the molecule is CCC1COC(C)CN1c1cc([N+](=O)[O-])cc(NC)n1. The van der Waals surface area contributed by atoms with Gasteiger partial charge in [0.05, 0.1) is 35.8 Å². The maximum Gasteiger partial charge on any atom is 0.276 e. The minimum atomic E-state index is -0.392. The molecule has 7 nitrogen and oxygen atoms in total. The zero-order chi connectivity index (χ0) is 14.7. The molecule has 0 bridgehead atoms. The Morgan fingerprint density at radius 1 is 1.60 bits per heavy atom. The molecular formula is C13H20N4O3. The minimum Gasteiger partial charge on any atom is -0.375 e. The summed E-state index contributed by atoms with van der Waals surface area (Å²) in [4.78, 5) is 17.2. The highest BCUT2D eigenvalue weighted by Gasteiger charge is 2.28. The normalized spacial score (nSPS) is 22.6. The molecule has 1 aliphatic rings. The van der Waals surface area contributed by atoms with Gasteiger partial charge in [-0.2, -0.15) is 0 Å². The second-order valence-corrected chi connectivity index (χ2v) is 4.93. The van der Waals surface area contributed by atoms with Gasteiger partial charge in [0.25, 0.3) is 5.69 Å². The van der Waals surface area contributed by atoms with Crippen molar-refractivity contribution in [1.29, 1.82) is 0 Å². The number of aromatic nitrogens is 1. The van der Waals surface area contributed by atoms with Crippen LogP contribution in [0.4, 0.5) is 17.3 Å². The molecule has 1 saturated heterocycles. The first kappa shape index (κ1) is 14.5. The van der Waals surface area contributed by atoms with E-state index in [0.717, 1.165) is 6.42 Å². The van der Waals surface area contributed by atoms with E-state index in [9.17, 15) is 10.1 Å². The van der Waals surface area contributed by atoms with Crippen LogP contribution < -0.4 is 10.2 Å². The van der Waals surface area contributed by atoms with Crippen LogP contribution in [-0.2, 0) is 4.74 Å². The lowest BCUT2D eigenvalue weighted by atomic mass is 10.1. The largest absolute Gasteiger partial charge is 0.375 e. The third-order valence-electron chi connectivity index (χ3n) is 3.50. The van der Waals surface area contributed by atoms with Crippen molar-refractivity contribution in [3.63, 3.8) is 0 Å². The van der Waals surface area contributed by atoms with Gasteiger partial charge in [-0.1, -0.05) is 6.92 Å².